The van der Waals surface area contributed by atoms with Crippen LogP contribution in [0.1, 0.15) is 42.4 Å². The van der Waals surface area contributed by atoms with Gasteiger partial charge >= 0.3 is 0 Å². The molecule has 1 amide bonds. The molecule has 0 unspecified atom stereocenters. The lowest BCUT2D eigenvalue weighted by Gasteiger charge is -2.22. The molecule has 2 N–H and O–H groups in total. The van der Waals surface area contributed by atoms with Crippen molar-refractivity contribution in [3.05, 3.63) is 53.3 Å². The Morgan fingerprint density at radius 3 is 2.23 bits per heavy atom. The Kier molecular flexibility index (Phi) is 4.50. The number of aromatic nitrogens is 1. The molecule has 116 valence electrons. The Labute approximate surface area is 132 Å². The van der Waals surface area contributed by atoms with Crippen molar-refractivity contribution in [2.24, 2.45) is 0 Å². The third-order valence-electron chi connectivity index (χ3n) is 2.99. The second-order valence-corrected chi connectivity index (χ2v) is 6.64. The van der Waals surface area contributed by atoms with Crippen molar-refractivity contribution in [3.63, 3.8) is 0 Å². The summed E-state index contributed by atoms with van der Waals surface area (Å²) in [6.45, 7) is 10.2. The van der Waals surface area contributed by atoms with Crippen LogP contribution in [0, 0.1) is 13.8 Å². The lowest BCUT2D eigenvalue weighted by Crippen LogP contribution is -2.26. The maximum absolute atomic E-state index is 12.4. The average Bonchev–Trinajstić information content (AvgIpc) is 2.35. The van der Waals surface area contributed by atoms with Crippen LogP contribution >= 0.6 is 0 Å². The molecular weight excluding hydrogens is 274 g/mol. The van der Waals surface area contributed by atoms with Crippen LogP contribution in [0.25, 0.3) is 0 Å². The molecule has 1 heterocycles. The van der Waals surface area contributed by atoms with Gasteiger partial charge in [-0.2, -0.15) is 0 Å². The van der Waals surface area contributed by atoms with Gasteiger partial charge in [-0.15, -0.1) is 0 Å². The standard InChI is InChI=1S/C18H23N3O/c1-12-8-13(2)10-15(9-12)20-17(22)16-11-14(6-7-19-16)21-18(3,4)5/h6-11H,1-5H3,(H,19,21)(H,20,22). The number of nitrogens with one attached hydrogen (secondary N) is 2. The Morgan fingerprint density at radius 2 is 1.64 bits per heavy atom. The number of anilines is 2. The van der Waals surface area contributed by atoms with E-state index in [0.29, 0.717) is 5.69 Å². The minimum absolute atomic E-state index is 0.0667. The maximum Gasteiger partial charge on any atom is 0.274 e. The summed E-state index contributed by atoms with van der Waals surface area (Å²) in [5, 5.41) is 6.24. The minimum atomic E-state index is -0.206. The SMILES string of the molecule is Cc1cc(C)cc(NC(=O)c2cc(NC(C)(C)C)ccn2)c1. The zero-order chi connectivity index (χ0) is 16.3. The molecule has 0 atom stereocenters. The van der Waals surface area contributed by atoms with E-state index in [-0.39, 0.29) is 11.4 Å². The van der Waals surface area contributed by atoms with Crippen LogP contribution in [0.5, 0.6) is 0 Å². The first-order valence-electron chi connectivity index (χ1n) is 7.37. The van der Waals surface area contributed by atoms with Gasteiger partial charge in [-0.25, -0.2) is 0 Å². The molecule has 22 heavy (non-hydrogen) atoms. The van der Waals surface area contributed by atoms with Gasteiger partial charge in [0.2, 0.25) is 0 Å². The lowest BCUT2D eigenvalue weighted by molar-refractivity contribution is 0.102. The number of hydrogen-bond donors (Lipinski definition) is 2. The van der Waals surface area contributed by atoms with Gasteiger partial charge in [-0.1, -0.05) is 6.07 Å². The highest BCUT2D eigenvalue weighted by atomic mass is 16.1. The molecule has 0 aliphatic carbocycles. The van der Waals surface area contributed by atoms with Gasteiger partial charge in [-0.05, 0) is 70.0 Å². The topological polar surface area (TPSA) is 54.0 Å². The van der Waals surface area contributed by atoms with Crippen LogP contribution in [0.3, 0.4) is 0 Å². The summed E-state index contributed by atoms with van der Waals surface area (Å²) in [5.41, 5.74) is 4.24. The maximum atomic E-state index is 12.4. The summed E-state index contributed by atoms with van der Waals surface area (Å²) in [7, 11) is 0. The Bertz CT molecular complexity index is 667. The van der Waals surface area contributed by atoms with E-state index in [1.54, 1.807) is 12.3 Å². The molecule has 4 nitrogen and oxygen atoms in total. The number of benzene rings is 1. The highest BCUT2D eigenvalue weighted by molar-refractivity contribution is 6.03. The summed E-state index contributed by atoms with van der Waals surface area (Å²) >= 11 is 0. The van der Waals surface area contributed by atoms with E-state index in [1.807, 2.05) is 32.0 Å². The summed E-state index contributed by atoms with van der Waals surface area (Å²) in [4.78, 5) is 16.5. The van der Waals surface area contributed by atoms with Gasteiger partial charge in [0, 0.05) is 23.1 Å². The molecule has 0 saturated carbocycles. The summed E-state index contributed by atoms with van der Waals surface area (Å²) in [6.07, 6.45) is 1.64. The van der Waals surface area contributed by atoms with Gasteiger partial charge in [0.1, 0.15) is 5.69 Å². The minimum Gasteiger partial charge on any atom is -0.380 e. The zero-order valence-corrected chi connectivity index (χ0v) is 13.8. The van der Waals surface area contributed by atoms with E-state index in [9.17, 15) is 4.79 Å². The average molecular weight is 297 g/mol. The van der Waals surface area contributed by atoms with E-state index in [4.69, 9.17) is 0 Å². The largest absolute Gasteiger partial charge is 0.380 e. The molecule has 0 saturated heterocycles. The Hall–Kier alpha value is -2.36. The number of hydrogen-bond acceptors (Lipinski definition) is 3. The molecule has 0 aliphatic rings. The number of amides is 1. The third kappa shape index (κ3) is 4.58. The van der Waals surface area contributed by atoms with Crippen molar-refractivity contribution in [2.45, 2.75) is 40.2 Å². The lowest BCUT2D eigenvalue weighted by atomic mass is 10.1. The molecule has 4 heteroatoms. The van der Waals surface area contributed by atoms with Crippen LogP contribution in [0.2, 0.25) is 0 Å². The monoisotopic (exact) mass is 297 g/mol. The van der Waals surface area contributed by atoms with E-state index >= 15 is 0 Å². The molecule has 0 bridgehead atoms. The highest BCUT2D eigenvalue weighted by Gasteiger charge is 2.12. The number of carbonyl (C=O) groups is 1. The second kappa shape index (κ2) is 6.18. The third-order valence-corrected chi connectivity index (χ3v) is 2.99. The van der Waals surface area contributed by atoms with Crippen LogP contribution in [0.15, 0.2) is 36.5 Å². The van der Waals surface area contributed by atoms with Gasteiger partial charge < -0.3 is 10.6 Å². The number of pyridine rings is 1. The molecular formula is C18H23N3O. The number of aryl methyl sites for hydroxylation is 2. The summed E-state index contributed by atoms with van der Waals surface area (Å²) in [6, 6.07) is 9.59. The zero-order valence-electron chi connectivity index (χ0n) is 13.8. The highest BCUT2D eigenvalue weighted by Crippen LogP contribution is 2.17. The molecule has 0 radical (unpaired) electrons. The summed E-state index contributed by atoms with van der Waals surface area (Å²) < 4.78 is 0. The fourth-order valence-electron chi connectivity index (χ4n) is 2.31. The van der Waals surface area contributed by atoms with Gasteiger partial charge in [0.25, 0.3) is 5.91 Å². The number of carbonyl (C=O) groups excluding carboxylic acids is 1. The van der Waals surface area contributed by atoms with Crippen molar-refractivity contribution in [3.8, 4) is 0 Å². The predicted octanol–water partition coefficient (Wildman–Crippen LogP) is 4.16. The van der Waals surface area contributed by atoms with Gasteiger partial charge in [0.05, 0.1) is 0 Å². The Balaban J connectivity index is 2.17. The van der Waals surface area contributed by atoms with Crippen molar-refractivity contribution in [2.75, 3.05) is 10.6 Å². The molecule has 0 aliphatic heterocycles. The molecule has 2 rings (SSSR count). The van der Waals surface area contributed by atoms with E-state index < -0.39 is 0 Å². The molecule has 0 spiro atoms. The number of rotatable bonds is 3. The first kappa shape index (κ1) is 16.0. The van der Waals surface area contributed by atoms with Crippen LogP contribution < -0.4 is 10.6 Å². The quantitative estimate of drug-likeness (QED) is 0.894. The van der Waals surface area contributed by atoms with Gasteiger partial charge in [-0.3, -0.25) is 9.78 Å². The fraction of sp³-hybridized carbons (Fsp3) is 0.333. The number of nitrogens with zero attached hydrogens (tertiary/aromatic N) is 1. The predicted molar refractivity (Wildman–Crippen MR) is 91.5 cm³/mol. The molecule has 0 fully saturated rings. The first-order valence-corrected chi connectivity index (χ1v) is 7.37. The van der Waals surface area contributed by atoms with Crippen LogP contribution in [-0.2, 0) is 0 Å². The van der Waals surface area contributed by atoms with Crippen molar-refractivity contribution < 1.29 is 4.79 Å². The van der Waals surface area contributed by atoms with E-state index in [0.717, 1.165) is 22.5 Å². The molecule has 2 aromatic rings. The van der Waals surface area contributed by atoms with Gasteiger partial charge in [0.15, 0.2) is 0 Å². The molecule has 1 aromatic carbocycles. The molecule has 1 aromatic heterocycles. The van der Waals surface area contributed by atoms with Crippen molar-refractivity contribution in [1.82, 2.24) is 4.98 Å². The first-order chi connectivity index (χ1) is 10.2. The fourth-order valence-corrected chi connectivity index (χ4v) is 2.31. The van der Waals surface area contributed by atoms with E-state index in [1.165, 1.54) is 0 Å². The second-order valence-electron chi connectivity index (χ2n) is 6.64. The normalized spacial score (nSPS) is 11.1. The van der Waals surface area contributed by atoms with Crippen LogP contribution in [-0.4, -0.2) is 16.4 Å². The smallest absolute Gasteiger partial charge is 0.274 e. The van der Waals surface area contributed by atoms with Crippen molar-refractivity contribution >= 4 is 17.3 Å². The van der Waals surface area contributed by atoms with Crippen molar-refractivity contribution in [1.29, 1.82) is 0 Å². The van der Waals surface area contributed by atoms with Crippen LogP contribution in [0.4, 0.5) is 11.4 Å². The Morgan fingerprint density at radius 1 is 1.00 bits per heavy atom. The van der Waals surface area contributed by atoms with E-state index in [2.05, 4.69) is 42.5 Å². The summed E-state index contributed by atoms with van der Waals surface area (Å²) in [5.74, 6) is -0.206.